The van der Waals surface area contributed by atoms with Crippen LogP contribution in [0.15, 0.2) is 0 Å². The summed E-state index contributed by atoms with van der Waals surface area (Å²) in [4.78, 5) is 9.28. The lowest BCUT2D eigenvalue weighted by Gasteiger charge is -2.27. The molecule has 2 atom stereocenters. The van der Waals surface area contributed by atoms with Gasteiger partial charge in [-0.2, -0.15) is 0 Å². The predicted octanol–water partition coefficient (Wildman–Crippen LogP) is 3.91. The molecule has 1 aromatic rings. The van der Waals surface area contributed by atoms with Gasteiger partial charge in [-0.05, 0) is 47.8 Å². The Bertz CT molecular complexity index is 420. The average molecular weight is 359 g/mol. The highest BCUT2D eigenvalue weighted by Gasteiger charge is 2.25. The van der Waals surface area contributed by atoms with Crippen LogP contribution in [0.5, 0.6) is 0 Å². The van der Waals surface area contributed by atoms with Crippen molar-refractivity contribution in [3.8, 4) is 0 Å². The summed E-state index contributed by atoms with van der Waals surface area (Å²) >= 11 is 2.25. The van der Waals surface area contributed by atoms with Crippen LogP contribution in [0.2, 0.25) is 0 Å². The molecule has 1 aliphatic rings. The van der Waals surface area contributed by atoms with E-state index in [9.17, 15) is 0 Å². The number of halogens is 1. The second-order valence-electron chi connectivity index (χ2n) is 5.22. The van der Waals surface area contributed by atoms with E-state index in [-0.39, 0.29) is 0 Å². The van der Waals surface area contributed by atoms with Gasteiger partial charge in [-0.1, -0.05) is 33.1 Å². The van der Waals surface area contributed by atoms with Crippen molar-refractivity contribution in [2.45, 2.75) is 58.3 Å². The molecule has 0 bridgehead atoms. The molecule has 0 radical (unpaired) electrons. The number of nitrogens with zero attached hydrogens (tertiary/aromatic N) is 2. The van der Waals surface area contributed by atoms with Crippen LogP contribution < -0.4 is 5.73 Å². The minimum atomic E-state index is 0.522. The first-order chi connectivity index (χ1) is 8.65. The Balaban J connectivity index is 2.24. The molecule has 2 rings (SSSR count). The van der Waals surface area contributed by atoms with E-state index < -0.39 is 0 Å². The summed E-state index contributed by atoms with van der Waals surface area (Å²) in [5, 5.41) is 0. The molecular formula is C14H22IN3. The van der Waals surface area contributed by atoms with Crippen molar-refractivity contribution in [2.24, 2.45) is 5.92 Å². The van der Waals surface area contributed by atoms with Gasteiger partial charge in [0, 0.05) is 5.92 Å². The summed E-state index contributed by atoms with van der Waals surface area (Å²) in [5.41, 5.74) is 7.12. The minimum Gasteiger partial charge on any atom is -0.383 e. The molecule has 1 aromatic heterocycles. The van der Waals surface area contributed by atoms with Gasteiger partial charge in [0.1, 0.15) is 11.6 Å². The van der Waals surface area contributed by atoms with Gasteiger partial charge < -0.3 is 5.73 Å². The first-order valence-corrected chi connectivity index (χ1v) is 8.05. The maximum atomic E-state index is 6.01. The van der Waals surface area contributed by atoms with Crippen LogP contribution >= 0.6 is 22.6 Å². The monoisotopic (exact) mass is 359 g/mol. The Morgan fingerprint density at radius 2 is 2.06 bits per heavy atom. The van der Waals surface area contributed by atoms with Gasteiger partial charge in [0.05, 0.1) is 9.26 Å². The van der Waals surface area contributed by atoms with E-state index in [2.05, 4.69) is 41.4 Å². The zero-order valence-corrected chi connectivity index (χ0v) is 13.4. The minimum absolute atomic E-state index is 0.522. The lowest BCUT2D eigenvalue weighted by atomic mass is 9.80. The van der Waals surface area contributed by atoms with Crippen LogP contribution in [0.3, 0.4) is 0 Å². The number of hydrogen-bond acceptors (Lipinski definition) is 3. The van der Waals surface area contributed by atoms with E-state index >= 15 is 0 Å². The molecule has 1 saturated carbocycles. The van der Waals surface area contributed by atoms with Crippen LogP contribution in [-0.2, 0) is 6.42 Å². The quantitative estimate of drug-likeness (QED) is 0.833. The van der Waals surface area contributed by atoms with Crippen molar-refractivity contribution in [3.63, 3.8) is 0 Å². The van der Waals surface area contributed by atoms with Crippen LogP contribution in [0.4, 0.5) is 5.82 Å². The Kier molecular flexibility index (Phi) is 4.81. The molecule has 1 fully saturated rings. The number of anilines is 1. The second-order valence-corrected chi connectivity index (χ2v) is 6.30. The third-order valence-electron chi connectivity index (χ3n) is 4.02. The van der Waals surface area contributed by atoms with Crippen molar-refractivity contribution < 1.29 is 0 Å². The van der Waals surface area contributed by atoms with Gasteiger partial charge in [-0.15, -0.1) is 0 Å². The summed E-state index contributed by atoms with van der Waals surface area (Å²) in [6.45, 7) is 4.41. The predicted molar refractivity (Wildman–Crippen MR) is 83.5 cm³/mol. The van der Waals surface area contributed by atoms with Crippen LogP contribution in [0.25, 0.3) is 0 Å². The highest BCUT2D eigenvalue weighted by atomic mass is 127. The Labute approximate surface area is 123 Å². The fraction of sp³-hybridized carbons (Fsp3) is 0.714. The summed E-state index contributed by atoms with van der Waals surface area (Å²) in [7, 11) is 0. The Morgan fingerprint density at radius 1 is 1.28 bits per heavy atom. The van der Waals surface area contributed by atoms with Crippen LogP contribution in [-0.4, -0.2) is 9.97 Å². The maximum Gasteiger partial charge on any atom is 0.140 e. The summed E-state index contributed by atoms with van der Waals surface area (Å²) in [6.07, 6.45) is 7.34. The van der Waals surface area contributed by atoms with Crippen molar-refractivity contribution >= 4 is 28.4 Å². The molecule has 1 aliphatic carbocycles. The molecule has 18 heavy (non-hydrogen) atoms. The molecule has 2 unspecified atom stereocenters. The van der Waals surface area contributed by atoms with Crippen molar-refractivity contribution in [3.05, 3.63) is 15.1 Å². The lowest BCUT2D eigenvalue weighted by molar-refractivity contribution is 0.307. The molecule has 0 saturated heterocycles. The molecular weight excluding hydrogens is 337 g/mol. The topological polar surface area (TPSA) is 51.8 Å². The maximum absolute atomic E-state index is 6.01. The fourth-order valence-electron chi connectivity index (χ4n) is 2.85. The van der Waals surface area contributed by atoms with E-state index in [4.69, 9.17) is 10.7 Å². The third kappa shape index (κ3) is 2.95. The molecule has 3 nitrogen and oxygen atoms in total. The standard InChI is InChI=1S/C14H22IN3/c1-3-9-6-5-7-10(8-9)14-17-11(4-2)12(15)13(16)18-14/h9-10H,3-8H2,1-2H3,(H2,16,17,18). The second kappa shape index (κ2) is 6.17. The van der Waals surface area contributed by atoms with E-state index in [0.29, 0.717) is 11.7 Å². The summed E-state index contributed by atoms with van der Waals surface area (Å²) in [6, 6.07) is 0. The molecule has 4 heteroatoms. The van der Waals surface area contributed by atoms with E-state index in [1.807, 2.05) is 0 Å². The van der Waals surface area contributed by atoms with Gasteiger partial charge in [-0.25, -0.2) is 9.97 Å². The average Bonchev–Trinajstić information content (AvgIpc) is 2.41. The molecule has 100 valence electrons. The normalized spacial score (nSPS) is 24.2. The number of nitrogens with two attached hydrogens (primary N) is 1. The van der Waals surface area contributed by atoms with Crippen molar-refractivity contribution in [1.29, 1.82) is 0 Å². The van der Waals surface area contributed by atoms with Crippen LogP contribution in [0, 0.1) is 9.49 Å². The smallest absolute Gasteiger partial charge is 0.140 e. The van der Waals surface area contributed by atoms with Gasteiger partial charge in [0.25, 0.3) is 0 Å². The highest BCUT2D eigenvalue weighted by Crippen LogP contribution is 2.36. The molecule has 0 spiro atoms. The van der Waals surface area contributed by atoms with Crippen molar-refractivity contribution in [2.75, 3.05) is 5.73 Å². The molecule has 0 aromatic carbocycles. The van der Waals surface area contributed by atoms with Gasteiger partial charge in [-0.3, -0.25) is 0 Å². The van der Waals surface area contributed by atoms with Gasteiger partial charge >= 0.3 is 0 Å². The molecule has 0 aliphatic heterocycles. The number of aromatic nitrogens is 2. The summed E-state index contributed by atoms with van der Waals surface area (Å²) < 4.78 is 1.03. The fourth-order valence-corrected chi connectivity index (χ4v) is 3.47. The van der Waals surface area contributed by atoms with E-state index in [1.54, 1.807) is 0 Å². The van der Waals surface area contributed by atoms with E-state index in [1.165, 1.54) is 32.1 Å². The first kappa shape index (κ1) is 14.0. The van der Waals surface area contributed by atoms with Crippen LogP contribution in [0.1, 0.15) is 63.4 Å². The SMILES string of the molecule is CCc1nc(C2CCCC(CC)C2)nc(N)c1I. The van der Waals surface area contributed by atoms with Gasteiger partial charge in [0.15, 0.2) is 0 Å². The Hall–Kier alpha value is -0.390. The Morgan fingerprint density at radius 3 is 2.72 bits per heavy atom. The lowest BCUT2D eigenvalue weighted by Crippen LogP contribution is -2.17. The third-order valence-corrected chi connectivity index (χ3v) is 5.20. The largest absolute Gasteiger partial charge is 0.383 e. The molecule has 0 amide bonds. The highest BCUT2D eigenvalue weighted by molar-refractivity contribution is 14.1. The number of aryl methyl sites for hydroxylation is 1. The van der Waals surface area contributed by atoms with E-state index in [0.717, 1.165) is 27.4 Å². The number of nitrogen functional groups attached to an aromatic ring is 1. The molecule has 2 N–H and O–H groups in total. The van der Waals surface area contributed by atoms with Gasteiger partial charge in [0.2, 0.25) is 0 Å². The molecule has 1 heterocycles. The number of hydrogen-bond donors (Lipinski definition) is 1. The first-order valence-electron chi connectivity index (χ1n) is 6.97. The zero-order chi connectivity index (χ0) is 13.1. The summed E-state index contributed by atoms with van der Waals surface area (Å²) in [5.74, 6) is 3.02. The zero-order valence-electron chi connectivity index (χ0n) is 11.2. The number of rotatable bonds is 3. The van der Waals surface area contributed by atoms with Crippen molar-refractivity contribution in [1.82, 2.24) is 9.97 Å².